The van der Waals surface area contributed by atoms with Crippen molar-refractivity contribution in [2.75, 3.05) is 6.61 Å². The second-order valence-electron chi connectivity index (χ2n) is 0.959. The average molecular weight is 114 g/mol. The summed E-state index contributed by atoms with van der Waals surface area (Å²) in [4.78, 5) is 14.1. The van der Waals surface area contributed by atoms with Gasteiger partial charge in [-0.05, 0) is 0 Å². The van der Waals surface area contributed by atoms with Gasteiger partial charge in [0, 0.05) is 0 Å². The number of carbonyl (C=O) groups excluding carboxylic acids is 1. The highest BCUT2D eigenvalue weighted by atomic mass is 16.7. The standard InChI is InChI=1S/C4H6N2O2/c1-2-3-8-6-4(5)7/h1H,3H2,(H3,5,6,7). The Balaban J connectivity index is 2.97. The number of primary amides is 1. The predicted molar refractivity (Wildman–Crippen MR) is 27.5 cm³/mol. The minimum atomic E-state index is -0.750. The highest BCUT2D eigenvalue weighted by Crippen LogP contribution is 1.60. The maximum Gasteiger partial charge on any atom is 0.336 e. The zero-order valence-electron chi connectivity index (χ0n) is 4.18. The van der Waals surface area contributed by atoms with Crippen molar-refractivity contribution in [3.05, 3.63) is 0 Å². The molecule has 0 bridgehead atoms. The van der Waals surface area contributed by atoms with Gasteiger partial charge < -0.3 is 5.73 Å². The largest absolute Gasteiger partial charge is 0.350 e. The first-order chi connectivity index (χ1) is 3.77. The molecule has 2 amide bonds. The van der Waals surface area contributed by atoms with Gasteiger partial charge in [-0.2, -0.15) is 0 Å². The number of amides is 2. The molecule has 0 aromatic rings. The van der Waals surface area contributed by atoms with Crippen LogP contribution in [0, 0.1) is 12.3 Å². The molecule has 0 rings (SSSR count). The molecule has 0 aliphatic heterocycles. The Kier molecular flexibility index (Phi) is 3.36. The zero-order chi connectivity index (χ0) is 6.41. The Morgan fingerprint density at radius 2 is 2.62 bits per heavy atom. The lowest BCUT2D eigenvalue weighted by atomic mass is 10.8. The lowest BCUT2D eigenvalue weighted by Crippen LogP contribution is -2.29. The summed E-state index contributed by atoms with van der Waals surface area (Å²) in [7, 11) is 0. The van der Waals surface area contributed by atoms with Gasteiger partial charge in [0.2, 0.25) is 0 Å². The van der Waals surface area contributed by atoms with Crippen LogP contribution in [-0.2, 0) is 4.84 Å². The number of hydrogen-bond donors (Lipinski definition) is 2. The van der Waals surface area contributed by atoms with Crippen LogP contribution >= 0.6 is 0 Å². The molecule has 0 fully saturated rings. The van der Waals surface area contributed by atoms with Crippen LogP contribution in [-0.4, -0.2) is 12.6 Å². The summed E-state index contributed by atoms with van der Waals surface area (Å²) in [6.45, 7) is 0.0307. The van der Waals surface area contributed by atoms with Crippen molar-refractivity contribution < 1.29 is 9.63 Å². The van der Waals surface area contributed by atoms with Crippen molar-refractivity contribution in [3.63, 3.8) is 0 Å². The summed E-state index contributed by atoms with van der Waals surface area (Å²) in [5, 5.41) is 0. The van der Waals surface area contributed by atoms with E-state index in [9.17, 15) is 4.79 Å². The molecule has 0 aliphatic carbocycles. The van der Waals surface area contributed by atoms with Gasteiger partial charge in [-0.15, -0.1) is 6.42 Å². The van der Waals surface area contributed by atoms with Crippen LogP contribution in [0.5, 0.6) is 0 Å². The van der Waals surface area contributed by atoms with Crippen LogP contribution in [0.15, 0.2) is 0 Å². The highest BCUT2D eigenvalue weighted by molar-refractivity contribution is 5.70. The van der Waals surface area contributed by atoms with Crippen LogP contribution in [0.2, 0.25) is 0 Å². The second-order valence-corrected chi connectivity index (χ2v) is 0.959. The third-order valence-electron chi connectivity index (χ3n) is 0.328. The van der Waals surface area contributed by atoms with Crippen LogP contribution in [0.4, 0.5) is 4.79 Å². The summed E-state index contributed by atoms with van der Waals surface area (Å²) in [6, 6.07) is -0.750. The quantitative estimate of drug-likeness (QED) is 0.281. The van der Waals surface area contributed by atoms with Gasteiger partial charge in [-0.3, -0.25) is 4.84 Å². The molecule has 4 heteroatoms. The Morgan fingerprint density at radius 1 is 2.00 bits per heavy atom. The first kappa shape index (κ1) is 6.79. The number of hydroxylamine groups is 1. The Labute approximate surface area is 47.0 Å². The molecular formula is C4H6N2O2. The molecule has 8 heavy (non-hydrogen) atoms. The molecule has 0 saturated carbocycles. The molecule has 44 valence electrons. The minimum Gasteiger partial charge on any atom is -0.350 e. The molecule has 0 radical (unpaired) electrons. The molecule has 0 aliphatic rings. The summed E-state index contributed by atoms with van der Waals surface area (Å²) >= 11 is 0. The highest BCUT2D eigenvalue weighted by Gasteiger charge is 1.84. The maximum atomic E-state index is 9.79. The number of carbonyl (C=O) groups is 1. The predicted octanol–water partition coefficient (Wildman–Crippen LogP) is -0.780. The van der Waals surface area contributed by atoms with E-state index in [0.29, 0.717) is 0 Å². The van der Waals surface area contributed by atoms with Crippen LogP contribution in [0.1, 0.15) is 0 Å². The van der Waals surface area contributed by atoms with Crippen LogP contribution in [0.3, 0.4) is 0 Å². The number of hydrogen-bond acceptors (Lipinski definition) is 2. The molecule has 0 aromatic carbocycles. The van der Waals surface area contributed by atoms with Gasteiger partial charge in [0.15, 0.2) is 0 Å². The molecule has 0 heterocycles. The second kappa shape index (κ2) is 3.96. The third kappa shape index (κ3) is 4.79. The summed E-state index contributed by atoms with van der Waals surface area (Å²) in [5.74, 6) is 2.13. The van der Waals surface area contributed by atoms with Gasteiger partial charge in [0.05, 0.1) is 0 Å². The first-order valence-electron chi connectivity index (χ1n) is 1.88. The number of rotatable bonds is 2. The van der Waals surface area contributed by atoms with Crippen molar-refractivity contribution in [1.29, 1.82) is 0 Å². The molecular weight excluding hydrogens is 108 g/mol. The Hall–Kier alpha value is -1.21. The van der Waals surface area contributed by atoms with Crippen molar-refractivity contribution in [2.24, 2.45) is 5.73 Å². The molecule has 0 unspecified atom stereocenters. The SMILES string of the molecule is C#CCONC(N)=O. The van der Waals surface area contributed by atoms with E-state index in [1.165, 1.54) is 0 Å². The van der Waals surface area contributed by atoms with Crippen molar-refractivity contribution in [3.8, 4) is 12.3 Å². The van der Waals surface area contributed by atoms with E-state index >= 15 is 0 Å². The molecule has 4 nitrogen and oxygen atoms in total. The van der Waals surface area contributed by atoms with Gasteiger partial charge >= 0.3 is 6.03 Å². The van der Waals surface area contributed by atoms with E-state index in [1.807, 2.05) is 5.48 Å². The third-order valence-corrected chi connectivity index (χ3v) is 0.328. The average Bonchev–Trinajstić information content (AvgIpc) is 1.66. The van der Waals surface area contributed by atoms with E-state index in [-0.39, 0.29) is 6.61 Å². The molecule has 0 spiro atoms. The van der Waals surface area contributed by atoms with Gasteiger partial charge in [-0.25, -0.2) is 10.3 Å². The van der Waals surface area contributed by atoms with Gasteiger partial charge in [0.1, 0.15) is 6.61 Å². The van der Waals surface area contributed by atoms with E-state index in [2.05, 4.69) is 16.5 Å². The smallest absolute Gasteiger partial charge is 0.336 e. The topological polar surface area (TPSA) is 64.3 Å². The molecule has 0 saturated heterocycles. The Morgan fingerprint density at radius 3 is 3.00 bits per heavy atom. The van der Waals surface area contributed by atoms with Crippen molar-refractivity contribution in [1.82, 2.24) is 5.48 Å². The summed E-state index contributed by atoms with van der Waals surface area (Å²) in [6.07, 6.45) is 4.75. The summed E-state index contributed by atoms with van der Waals surface area (Å²) < 4.78 is 0. The van der Waals surface area contributed by atoms with Crippen molar-refractivity contribution >= 4 is 6.03 Å². The van der Waals surface area contributed by atoms with Gasteiger partial charge in [0.25, 0.3) is 0 Å². The van der Waals surface area contributed by atoms with Crippen LogP contribution < -0.4 is 11.2 Å². The van der Waals surface area contributed by atoms with Crippen LogP contribution in [0.25, 0.3) is 0 Å². The fourth-order valence-corrected chi connectivity index (χ4v) is 0.149. The number of urea groups is 1. The molecule has 0 atom stereocenters. The lowest BCUT2D eigenvalue weighted by Gasteiger charge is -1.94. The molecule has 0 aromatic heterocycles. The van der Waals surface area contributed by atoms with E-state index in [4.69, 9.17) is 6.42 Å². The Bertz CT molecular complexity index is 116. The lowest BCUT2D eigenvalue weighted by molar-refractivity contribution is 0.0889. The van der Waals surface area contributed by atoms with Gasteiger partial charge in [-0.1, -0.05) is 5.92 Å². The minimum absolute atomic E-state index is 0.0307. The zero-order valence-corrected chi connectivity index (χ0v) is 4.18. The number of terminal acetylenes is 1. The van der Waals surface area contributed by atoms with E-state index in [0.717, 1.165) is 0 Å². The number of nitrogens with one attached hydrogen (secondary N) is 1. The maximum absolute atomic E-state index is 9.79. The summed E-state index contributed by atoms with van der Waals surface area (Å²) in [5.41, 5.74) is 6.43. The number of nitrogens with two attached hydrogens (primary N) is 1. The first-order valence-corrected chi connectivity index (χ1v) is 1.88. The monoisotopic (exact) mass is 114 g/mol. The fraction of sp³-hybridized carbons (Fsp3) is 0.250. The molecule has 3 N–H and O–H groups in total. The van der Waals surface area contributed by atoms with E-state index in [1.54, 1.807) is 0 Å². The van der Waals surface area contributed by atoms with E-state index < -0.39 is 6.03 Å². The normalized spacial score (nSPS) is 7.38. The fourth-order valence-electron chi connectivity index (χ4n) is 0.149. The van der Waals surface area contributed by atoms with Crippen molar-refractivity contribution in [2.45, 2.75) is 0 Å².